The van der Waals surface area contributed by atoms with Crippen molar-refractivity contribution in [2.24, 2.45) is 0 Å². The standard InChI is InChI=1S/C6H9NO4/c1-11-6(10)4-2-3(7-4)5(8)9/h3-4,7H,2H2,1H3,(H,8,9)/t3-,4-/m0/s1. The van der Waals surface area contributed by atoms with E-state index in [4.69, 9.17) is 5.11 Å². The SMILES string of the molecule is COC(=O)[C@@H]1C[C@@H](C(=O)O)N1. The molecule has 2 N–H and O–H groups in total. The molecule has 0 aromatic heterocycles. The molecule has 1 aliphatic heterocycles. The number of ether oxygens (including phenoxy) is 1. The van der Waals surface area contributed by atoms with Crippen LogP contribution in [0, 0.1) is 0 Å². The van der Waals surface area contributed by atoms with Gasteiger partial charge in [-0.3, -0.25) is 14.9 Å². The van der Waals surface area contributed by atoms with Crippen molar-refractivity contribution in [3.8, 4) is 0 Å². The Hall–Kier alpha value is -1.10. The molecule has 1 rings (SSSR count). The molecule has 0 aromatic carbocycles. The fourth-order valence-corrected chi connectivity index (χ4v) is 0.933. The molecule has 0 bridgehead atoms. The highest BCUT2D eigenvalue weighted by molar-refractivity contribution is 5.83. The molecule has 1 heterocycles. The van der Waals surface area contributed by atoms with Crippen molar-refractivity contribution in [3.63, 3.8) is 0 Å². The Kier molecular flexibility index (Phi) is 2.09. The van der Waals surface area contributed by atoms with Gasteiger partial charge in [-0.05, 0) is 6.42 Å². The van der Waals surface area contributed by atoms with Gasteiger partial charge in [-0.2, -0.15) is 0 Å². The molecule has 2 atom stereocenters. The first-order valence-corrected chi connectivity index (χ1v) is 3.22. The highest BCUT2D eigenvalue weighted by Crippen LogP contribution is 2.12. The van der Waals surface area contributed by atoms with Crippen LogP contribution in [-0.2, 0) is 14.3 Å². The molecule has 1 saturated heterocycles. The molecule has 5 nitrogen and oxygen atoms in total. The van der Waals surface area contributed by atoms with Crippen molar-refractivity contribution in [2.75, 3.05) is 7.11 Å². The first-order chi connectivity index (χ1) is 5.15. The Morgan fingerprint density at radius 1 is 1.55 bits per heavy atom. The van der Waals surface area contributed by atoms with E-state index in [2.05, 4.69) is 10.1 Å². The number of carboxylic acid groups (broad SMARTS) is 1. The van der Waals surface area contributed by atoms with E-state index in [1.807, 2.05) is 0 Å². The zero-order valence-corrected chi connectivity index (χ0v) is 6.03. The molecule has 1 aliphatic rings. The van der Waals surface area contributed by atoms with Gasteiger partial charge in [0.05, 0.1) is 7.11 Å². The van der Waals surface area contributed by atoms with E-state index in [-0.39, 0.29) is 0 Å². The molecule has 0 amide bonds. The van der Waals surface area contributed by atoms with Crippen LogP contribution in [0.2, 0.25) is 0 Å². The summed E-state index contributed by atoms with van der Waals surface area (Å²) in [6.45, 7) is 0. The lowest BCUT2D eigenvalue weighted by atomic mass is 9.97. The number of carboxylic acids is 1. The number of carbonyl (C=O) groups is 2. The molecule has 62 valence electrons. The maximum Gasteiger partial charge on any atom is 0.322 e. The van der Waals surface area contributed by atoms with Crippen molar-refractivity contribution in [2.45, 2.75) is 18.5 Å². The third-order valence-corrected chi connectivity index (χ3v) is 1.66. The highest BCUT2D eigenvalue weighted by atomic mass is 16.5. The van der Waals surface area contributed by atoms with E-state index in [1.165, 1.54) is 7.11 Å². The summed E-state index contributed by atoms with van der Waals surface area (Å²) in [6, 6.07) is -1.01. The zero-order chi connectivity index (χ0) is 8.43. The Labute approximate surface area is 63.3 Å². The number of esters is 1. The van der Waals surface area contributed by atoms with Gasteiger partial charge in [-0.15, -0.1) is 0 Å². The summed E-state index contributed by atoms with van der Waals surface area (Å²) in [5, 5.41) is 10.9. The average molecular weight is 159 g/mol. The molecule has 5 heteroatoms. The minimum Gasteiger partial charge on any atom is -0.480 e. The average Bonchev–Trinajstić information content (AvgIpc) is 1.83. The quantitative estimate of drug-likeness (QED) is 0.504. The fraction of sp³-hybridized carbons (Fsp3) is 0.667. The summed E-state index contributed by atoms with van der Waals surface area (Å²) < 4.78 is 4.39. The number of carbonyl (C=O) groups excluding carboxylic acids is 1. The maximum absolute atomic E-state index is 10.7. The van der Waals surface area contributed by atoms with Gasteiger partial charge in [0.15, 0.2) is 0 Å². The number of hydrogen-bond acceptors (Lipinski definition) is 4. The molecular formula is C6H9NO4. The second kappa shape index (κ2) is 2.87. The summed E-state index contributed by atoms with van der Waals surface area (Å²) in [5.41, 5.74) is 0. The first kappa shape index (κ1) is 8.00. The van der Waals surface area contributed by atoms with Crippen LogP contribution in [0.3, 0.4) is 0 Å². The van der Waals surface area contributed by atoms with Crippen molar-refractivity contribution < 1.29 is 19.4 Å². The maximum atomic E-state index is 10.7. The van der Waals surface area contributed by atoms with Gasteiger partial charge < -0.3 is 9.84 Å². The second-order valence-corrected chi connectivity index (χ2v) is 2.37. The van der Waals surface area contributed by atoms with E-state index in [0.717, 1.165) is 0 Å². The Balaban J connectivity index is 2.29. The van der Waals surface area contributed by atoms with Crippen molar-refractivity contribution in [1.82, 2.24) is 5.32 Å². The Morgan fingerprint density at radius 3 is 2.45 bits per heavy atom. The van der Waals surface area contributed by atoms with E-state index >= 15 is 0 Å². The van der Waals surface area contributed by atoms with Gasteiger partial charge in [0.2, 0.25) is 0 Å². The summed E-state index contributed by atoms with van der Waals surface area (Å²) in [5.74, 6) is -1.33. The fourth-order valence-electron chi connectivity index (χ4n) is 0.933. The predicted molar refractivity (Wildman–Crippen MR) is 35.0 cm³/mol. The third-order valence-electron chi connectivity index (χ3n) is 1.66. The number of rotatable bonds is 2. The minimum atomic E-state index is -0.926. The summed E-state index contributed by atoms with van der Waals surface area (Å²) in [7, 11) is 1.28. The Morgan fingerprint density at radius 2 is 2.09 bits per heavy atom. The molecule has 0 aromatic rings. The lowest BCUT2D eigenvalue weighted by molar-refractivity contribution is -0.150. The van der Waals surface area contributed by atoms with Crippen molar-refractivity contribution in [1.29, 1.82) is 0 Å². The van der Waals surface area contributed by atoms with Crippen LogP contribution in [0.4, 0.5) is 0 Å². The molecule has 0 unspecified atom stereocenters. The van der Waals surface area contributed by atoms with Crippen molar-refractivity contribution in [3.05, 3.63) is 0 Å². The number of methoxy groups -OCH3 is 1. The number of nitrogens with one attached hydrogen (secondary N) is 1. The van der Waals surface area contributed by atoms with Gasteiger partial charge in [0.25, 0.3) is 0 Å². The highest BCUT2D eigenvalue weighted by Gasteiger charge is 2.38. The van der Waals surface area contributed by atoms with Gasteiger partial charge in [0, 0.05) is 0 Å². The Bertz CT molecular complexity index is 185. The topological polar surface area (TPSA) is 75.6 Å². The van der Waals surface area contributed by atoms with Crippen LogP contribution in [0.5, 0.6) is 0 Å². The molecule has 0 radical (unpaired) electrons. The van der Waals surface area contributed by atoms with Crippen LogP contribution >= 0.6 is 0 Å². The molecule has 0 aliphatic carbocycles. The summed E-state index contributed by atoms with van der Waals surface area (Å²) in [6.07, 6.45) is 0.321. The lowest BCUT2D eigenvalue weighted by Gasteiger charge is -2.31. The van der Waals surface area contributed by atoms with Crippen LogP contribution in [0.1, 0.15) is 6.42 Å². The number of aliphatic carboxylic acids is 1. The van der Waals surface area contributed by atoms with Gasteiger partial charge in [-0.1, -0.05) is 0 Å². The monoisotopic (exact) mass is 159 g/mol. The van der Waals surface area contributed by atoms with Gasteiger partial charge >= 0.3 is 11.9 Å². The third kappa shape index (κ3) is 1.48. The molecule has 0 spiro atoms. The van der Waals surface area contributed by atoms with Crippen LogP contribution < -0.4 is 5.32 Å². The van der Waals surface area contributed by atoms with E-state index in [1.54, 1.807) is 0 Å². The molecular weight excluding hydrogens is 150 g/mol. The lowest BCUT2D eigenvalue weighted by Crippen LogP contribution is -2.60. The second-order valence-electron chi connectivity index (χ2n) is 2.37. The summed E-state index contributed by atoms with van der Waals surface area (Å²) >= 11 is 0. The van der Waals surface area contributed by atoms with E-state index in [0.29, 0.717) is 6.42 Å². The molecule has 11 heavy (non-hydrogen) atoms. The molecule has 0 saturated carbocycles. The smallest absolute Gasteiger partial charge is 0.322 e. The number of hydrogen-bond donors (Lipinski definition) is 2. The largest absolute Gasteiger partial charge is 0.480 e. The van der Waals surface area contributed by atoms with E-state index in [9.17, 15) is 9.59 Å². The van der Waals surface area contributed by atoms with E-state index < -0.39 is 24.0 Å². The van der Waals surface area contributed by atoms with Gasteiger partial charge in [-0.25, -0.2) is 0 Å². The van der Waals surface area contributed by atoms with Crippen LogP contribution in [0.25, 0.3) is 0 Å². The van der Waals surface area contributed by atoms with Crippen LogP contribution in [-0.4, -0.2) is 36.2 Å². The van der Waals surface area contributed by atoms with Gasteiger partial charge in [0.1, 0.15) is 12.1 Å². The summed E-state index contributed by atoms with van der Waals surface area (Å²) in [4.78, 5) is 20.9. The predicted octanol–water partition coefficient (Wildman–Crippen LogP) is -1.03. The minimum absolute atomic E-state index is 0.321. The molecule has 1 fully saturated rings. The van der Waals surface area contributed by atoms with Crippen molar-refractivity contribution >= 4 is 11.9 Å². The van der Waals surface area contributed by atoms with Crippen LogP contribution in [0.15, 0.2) is 0 Å². The zero-order valence-electron chi connectivity index (χ0n) is 6.03. The first-order valence-electron chi connectivity index (χ1n) is 3.22. The normalized spacial score (nSPS) is 28.8.